The van der Waals surface area contributed by atoms with Crippen LogP contribution in [0.2, 0.25) is 0 Å². The van der Waals surface area contributed by atoms with Gasteiger partial charge in [-0.3, -0.25) is 0 Å². The van der Waals surface area contributed by atoms with E-state index in [-0.39, 0.29) is 0 Å². The molecule has 0 spiro atoms. The molecule has 3 N–H and O–H groups in total. The fourth-order valence-electron chi connectivity index (χ4n) is 2.48. The van der Waals surface area contributed by atoms with Gasteiger partial charge in [0.15, 0.2) is 0 Å². The molecule has 1 aromatic heterocycles. The van der Waals surface area contributed by atoms with Gasteiger partial charge in [-0.1, -0.05) is 0 Å². The molecule has 1 aliphatic rings. The summed E-state index contributed by atoms with van der Waals surface area (Å²) in [6, 6.07) is 2.48. The second-order valence-electron chi connectivity index (χ2n) is 4.97. The van der Waals surface area contributed by atoms with E-state index >= 15 is 0 Å². The van der Waals surface area contributed by atoms with Crippen molar-refractivity contribution in [1.29, 1.82) is 0 Å². The number of likely N-dealkylation sites (N-methyl/N-ethyl adjacent to an activating group) is 1. The average Bonchev–Trinajstić information content (AvgIpc) is 2.75. The van der Waals surface area contributed by atoms with Gasteiger partial charge in [0.25, 0.3) is 0 Å². The second-order valence-corrected chi connectivity index (χ2v) is 4.97. The lowest BCUT2D eigenvalue weighted by molar-refractivity contribution is 0.371. The lowest BCUT2D eigenvalue weighted by Gasteiger charge is -2.28. The van der Waals surface area contributed by atoms with E-state index in [4.69, 9.17) is 5.73 Å². The van der Waals surface area contributed by atoms with Crippen molar-refractivity contribution in [3.63, 3.8) is 0 Å². The molecule has 1 saturated heterocycles. The number of hydrogen-bond donors (Lipinski definition) is 2. The van der Waals surface area contributed by atoms with Gasteiger partial charge in [-0.2, -0.15) is 9.97 Å². The molecule has 18 heavy (non-hydrogen) atoms. The number of nitrogen functional groups attached to an aromatic ring is 1. The smallest absolute Gasteiger partial charge is 0.223 e. The molecule has 0 aliphatic carbocycles. The fourth-order valence-corrected chi connectivity index (χ4v) is 2.48. The maximum Gasteiger partial charge on any atom is 0.223 e. The number of aromatic nitrogens is 2. The van der Waals surface area contributed by atoms with Crippen LogP contribution in [0.4, 0.5) is 17.6 Å². The second kappa shape index (κ2) is 5.39. The van der Waals surface area contributed by atoms with Crippen molar-refractivity contribution in [3.8, 4) is 0 Å². The molecule has 2 heterocycles. The van der Waals surface area contributed by atoms with Gasteiger partial charge < -0.3 is 20.9 Å². The van der Waals surface area contributed by atoms with Crippen molar-refractivity contribution in [3.05, 3.63) is 6.07 Å². The number of hydrogen-bond acceptors (Lipinski definition) is 6. The zero-order chi connectivity index (χ0) is 13.1. The van der Waals surface area contributed by atoms with E-state index in [1.807, 2.05) is 13.1 Å². The highest BCUT2D eigenvalue weighted by atomic mass is 15.3. The van der Waals surface area contributed by atoms with Crippen molar-refractivity contribution in [2.24, 2.45) is 0 Å². The van der Waals surface area contributed by atoms with E-state index in [0.717, 1.165) is 24.7 Å². The van der Waals surface area contributed by atoms with Gasteiger partial charge >= 0.3 is 0 Å². The van der Waals surface area contributed by atoms with Crippen LogP contribution in [0.25, 0.3) is 0 Å². The molecule has 2 rings (SSSR count). The van der Waals surface area contributed by atoms with Crippen LogP contribution < -0.4 is 16.0 Å². The quantitative estimate of drug-likeness (QED) is 0.817. The molecule has 1 fully saturated rings. The molecule has 1 aromatic rings. The van der Waals surface area contributed by atoms with E-state index in [0.29, 0.717) is 12.0 Å². The Morgan fingerprint density at radius 3 is 2.94 bits per heavy atom. The predicted octanol–water partition coefficient (Wildman–Crippen LogP) is 0.631. The lowest BCUT2D eigenvalue weighted by atomic mass is 10.2. The lowest BCUT2D eigenvalue weighted by Crippen LogP contribution is -2.38. The summed E-state index contributed by atoms with van der Waals surface area (Å²) in [6.07, 6.45) is 2.41. The first-order chi connectivity index (χ1) is 8.60. The van der Waals surface area contributed by atoms with Gasteiger partial charge in [0.2, 0.25) is 5.95 Å². The van der Waals surface area contributed by atoms with Gasteiger partial charge in [-0.15, -0.1) is 0 Å². The van der Waals surface area contributed by atoms with Crippen LogP contribution in [-0.2, 0) is 0 Å². The third kappa shape index (κ3) is 2.81. The standard InChI is InChI=1S/C12H22N6/c1-14-10-7-11(16-12(13)15-10)18-6-4-5-9(18)8-17(2)3/h7,9H,4-6,8H2,1-3H3,(H3,13,14,15,16). The summed E-state index contributed by atoms with van der Waals surface area (Å²) in [7, 11) is 6.04. The van der Waals surface area contributed by atoms with Crippen LogP contribution in [0.3, 0.4) is 0 Å². The van der Waals surface area contributed by atoms with Crippen molar-refractivity contribution in [2.45, 2.75) is 18.9 Å². The molecule has 1 aliphatic heterocycles. The zero-order valence-corrected chi connectivity index (χ0v) is 11.3. The number of nitrogens with zero attached hydrogens (tertiary/aromatic N) is 4. The molecule has 0 saturated carbocycles. The summed E-state index contributed by atoms with van der Waals surface area (Å²) in [5.41, 5.74) is 5.75. The normalized spacial score (nSPS) is 19.6. The van der Waals surface area contributed by atoms with Gasteiger partial charge in [0.05, 0.1) is 0 Å². The maximum absolute atomic E-state index is 5.75. The number of anilines is 3. The number of nitrogens with one attached hydrogen (secondary N) is 1. The van der Waals surface area contributed by atoms with E-state index in [9.17, 15) is 0 Å². The highest BCUT2D eigenvalue weighted by Gasteiger charge is 2.26. The Balaban J connectivity index is 2.21. The first-order valence-electron chi connectivity index (χ1n) is 6.34. The monoisotopic (exact) mass is 250 g/mol. The Labute approximate surface area is 108 Å². The van der Waals surface area contributed by atoms with Crippen LogP contribution >= 0.6 is 0 Å². The minimum Gasteiger partial charge on any atom is -0.373 e. The SMILES string of the molecule is CNc1cc(N2CCCC2CN(C)C)nc(N)n1. The first kappa shape index (κ1) is 12.9. The molecule has 0 aromatic carbocycles. The summed E-state index contributed by atoms with van der Waals surface area (Å²) >= 11 is 0. The van der Waals surface area contributed by atoms with E-state index in [2.05, 4.69) is 39.2 Å². The Bertz CT molecular complexity index is 406. The van der Waals surface area contributed by atoms with E-state index in [1.165, 1.54) is 12.8 Å². The summed E-state index contributed by atoms with van der Waals surface area (Å²) < 4.78 is 0. The molecule has 1 unspecified atom stereocenters. The molecule has 6 heteroatoms. The Morgan fingerprint density at radius 1 is 1.50 bits per heavy atom. The number of nitrogens with two attached hydrogens (primary N) is 1. The molecule has 0 radical (unpaired) electrons. The molecule has 0 amide bonds. The van der Waals surface area contributed by atoms with Crippen molar-refractivity contribution in [2.75, 3.05) is 50.2 Å². The van der Waals surface area contributed by atoms with Gasteiger partial charge in [0, 0.05) is 32.2 Å². The minimum absolute atomic E-state index is 0.326. The van der Waals surface area contributed by atoms with Crippen LogP contribution in [0, 0.1) is 0 Å². The van der Waals surface area contributed by atoms with Crippen molar-refractivity contribution in [1.82, 2.24) is 14.9 Å². The van der Waals surface area contributed by atoms with Crippen molar-refractivity contribution < 1.29 is 0 Å². The van der Waals surface area contributed by atoms with Crippen LogP contribution in [0.5, 0.6) is 0 Å². The van der Waals surface area contributed by atoms with Crippen LogP contribution in [0.15, 0.2) is 6.07 Å². The number of rotatable bonds is 4. The Hall–Kier alpha value is -1.56. The summed E-state index contributed by atoms with van der Waals surface area (Å²) in [4.78, 5) is 13.0. The molecular weight excluding hydrogens is 228 g/mol. The van der Waals surface area contributed by atoms with Gasteiger partial charge in [0.1, 0.15) is 11.6 Å². The van der Waals surface area contributed by atoms with Gasteiger partial charge in [-0.25, -0.2) is 0 Å². The molecule has 1 atom stereocenters. The Morgan fingerprint density at radius 2 is 2.28 bits per heavy atom. The topological polar surface area (TPSA) is 70.3 Å². The van der Waals surface area contributed by atoms with Gasteiger partial charge in [-0.05, 0) is 26.9 Å². The van der Waals surface area contributed by atoms with Crippen LogP contribution in [-0.4, -0.2) is 55.1 Å². The molecular formula is C12H22N6. The van der Waals surface area contributed by atoms with E-state index < -0.39 is 0 Å². The first-order valence-corrected chi connectivity index (χ1v) is 6.34. The highest BCUT2D eigenvalue weighted by Crippen LogP contribution is 2.26. The van der Waals surface area contributed by atoms with Crippen molar-refractivity contribution >= 4 is 17.6 Å². The highest BCUT2D eigenvalue weighted by molar-refractivity contribution is 5.53. The Kier molecular flexibility index (Phi) is 3.86. The fraction of sp³-hybridized carbons (Fsp3) is 0.667. The largest absolute Gasteiger partial charge is 0.373 e. The van der Waals surface area contributed by atoms with E-state index in [1.54, 1.807) is 0 Å². The maximum atomic E-state index is 5.75. The summed E-state index contributed by atoms with van der Waals surface area (Å²) in [5.74, 6) is 2.02. The van der Waals surface area contributed by atoms with Crippen LogP contribution in [0.1, 0.15) is 12.8 Å². The molecule has 0 bridgehead atoms. The molecule has 100 valence electrons. The molecule has 6 nitrogen and oxygen atoms in total. The summed E-state index contributed by atoms with van der Waals surface area (Å²) in [5, 5.41) is 3.02. The zero-order valence-electron chi connectivity index (χ0n) is 11.3. The third-order valence-electron chi connectivity index (χ3n) is 3.23. The predicted molar refractivity (Wildman–Crippen MR) is 74.9 cm³/mol. The minimum atomic E-state index is 0.326. The average molecular weight is 250 g/mol. The summed E-state index contributed by atoms with van der Waals surface area (Å²) in [6.45, 7) is 2.08. The third-order valence-corrected chi connectivity index (χ3v) is 3.23.